The van der Waals surface area contributed by atoms with Gasteiger partial charge in [0.15, 0.2) is 0 Å². The monoisotopic (exact) mass is 487 g/mol. The lowest BCUT2D eigenvalue weighted by Gasteiger charge is -2.35. The molecule has 7 nitrogen and oxygen atoms in total. The number of carbonyl (C=O) groups is 3. The lowest BCUT2D eigenvalue weighted by Crippen LogP contribution is -2.55. The molecule has 0 aliphatic heterocycles. The van der Waals surface area contributed by atoms with Crippen LogP contribution in [-0.4, -0.2) is 47.5 Å². The number of alkyl carbamates (subject to hydrolysis) is 1. The number of amides is 3. The van der Waals surface area contributed by atoms with Crippen LogP contribution in [0.3, 0.4) is 0 Å². The van der Waals surface area contributed by atoms with Gasteiger partial charge in [0.25, 0.3) is 0 Å². The van der Waals surface area contributed by atoms with Crippen LogP contribution in [0.25, 0.3) is 0 Å². The lowest BCUT2D eigenvalue weighted by atomic mass is 9.95. The Morgan fingerprint density at radius 1 is 1.14 bits per heavy atom. The van der Waals surface area contributed by atoms with E-state index < -0.39 is 23.8 Å². The van der Waals surface area contributed by atoms with Gasteiger partial charge in [-0.2, -0.15) is 0 Å². The summed E-state index contributed by atoms with van der Waals surface area (Å²) < 4.78 is 5.39. The second-order valence-corrected chi connectivity index (χ2v) is 10.4. The predicted molar refractivity (Wildman–Crippen MR) is 141 cm³/mol. The number of rotatable bonds is 12. The fraction of sp³-hybridized carbons (Fsp3) is 0.607. The zero-order valence-corrected chi connectivity index (χ0v) is 22.9. The van der Waals surface area contributed by atoms with Crippen molar-refractivity contribution in [2.45, 2.75) is 92.3 Å². The van der Waals surface area contributed by atoms with Crippen LogP contribution >= 0.6 is 0 Å². The normalized spacial score (nSPS) is 13.1. The molecule has 0 saturated heterocycles. The highest BCUT2D eigenvalue weighted by Crippen LogP contribution is 2.27. The lowest BCUT2D eigenvalue weighted by molar-refractivity contribution is -0.142. The van der Waals surface area contributed by atoms with E-state index in [1.165, 1.54) is 4.90 Å². The number of hydrogen-bond donors (Lipinski definition) is 2. The maximum Gasteiger partial charge on any atom is 0.408 e. The first-order valence-electron chi connectivity index (χ1n) is 12.6. The molecule has 0 aliphatic carbocycles. The Hall–Kier alpha value is -2.83. The molecule has 1 aromatic rings. The van der Waals surface area contributed by atoms with Gasteiger partial charge in [-0.1, -0.05) is 63.5 Å². The Morgan fingerprint density at radius 3 is 2.31 bits per heavy atom. The van der Waals surface area contributed by atoms with Crippen molar-refractivity contribution in [3.05, 3.63) is 47.5 Å². The average Bonchev–Trinajstić information content (AvgIpc) is 2.74. The molecule has 1 aromatic carbocycles. The van der Waals surface area contributed by atoms with Crippen LogP contribution < -0.4 is 10.6 Å². The second kappa shape index (κ2) is 13.9. The summed E-state index contributed by atoms with van der Waals surface area (Å²) in [6.45, 7) is 19.5. The van der Waals surface area contributed by atoms with Crippen LogP contribution in [0.1, 0.15) is 83.5 Å². The summed E-state index contributed by atoms with van der Waals surface area (Å²) in [4.78, 5) is 41.4. The molecule has 0 radical (unpaired) electrons. The molecule has 196 valence electrons. The van der Waals surface area contributed by atoms with Crippen LogP contribution in [0.15, 0.2) is 30.9 Å². The van der Waals surface area contributed by atoms with Crippen LogP contribution in [0.5, 0.6) is 0 Å². The first-order chi connectivity index (χ1) is 16.3. The van der Waals surface area contributed by atoms with E-state index >= 15 is 0 Å². The minimum absolute atomic E-state index is 0.151. The minimum atomic E-state index is -0.869. The molecule has 0 heterocycles. The van der Waals surface area contributed by atoms with Crippen molar-refractivity contribution in [3.8, 4) is 0 Å². The maximum atomic E-state index is 13.9. The summed E-state index contributed by atoms with van der Waals surface area (Å²) >= 11 is 0. The van der Waals surface area contributed by atoms with Gasteiger partial charge in [-0.3, -0.25) is 9.59 Å². The smallest absolute Gasteiger partial charge is 0.408 e. The van der Waals surface area contributed by atoms with Gasteiger partial charge in [-0.15, -0.1) is 6.58 Å². The fourth-order valence-corrected chi connectivity index (χ4v) is 3.85. The molecule has 0 fully saturated rings. The van der Waals surface area contributed by atoms with Crippen molar-refractivity contribution in [2.24, 2.45) is 5.92 Å². The summed E-state index contributed by atoms with van der Waals surface area (Å²) in [5, 5.41) is 5.73. The summed E-state index contributed by atoms with van der Waals surface area (Å²) in [5.41, 5.74) is 2.04. The third-order valence-electron chi connectivity index (χ3n) is 5.57. The molecular weight excluding hydrogens is 442 g/mol. The van der Waals surface area contributed by atoms with E-state index in [4.69, 9.17) is 4.74 Å². The van der Waals surface area contributed by atoms with Crippen LogP contribution in [-0.2, 0) is 14.3 Å². The van der Waals surface area contributed by atoms with Crippen molar-refractivity contribution in [3.63, 3.8) is 0 Å². The SMILES string of the molecule is C=CCN(C(=O)C(NC(=O)OC(C)(C)C)C(C)C)C(C(=O)NCCCCC)c1ccc(C)cc1C. The van der Waals surface area contributed by atoms with Gasteiger partial charge in [0.1, 0.15) is 17.7 Å². The van der Waals surface area contributed by atoms with E-state index in [9.17, 15) is 14.4 Å². The number of aryl methyl sites for hydroxylation is 2. The van der Waals surface area contributed by atoms with Crippen LogP contribution in [0.2, 0.25) is 0 Å². The molecule has 35 heavy (non-hydrogen) atoms. The summed E-state index contributed by atoms with van der Waals surface area (Å²) in [6.07, 6.45) is 3.86. The molecular formula is C28H45N3O4. The van der Waals surface area contributed by atoms with Crippen molar-refractivity contribution in [1.82, 2.24) is 15.5 Å². The van der Waals surface area contributed by atoms with Crippen molar-refractivity contribution < 1.29 is 19.1 Å². The van der Waals surface area contributed by atoms with E-state index in [0.717, 1.165) is 36.0 Å². The Balaban J connectivity index is 3.40. The fourth-order valence-electron chi connectivity index (χ4n) is 3.85. The zero-order chi connectivity index (χ0) is 26.8. The predicted octanol–water partition coefficient (Wildman–Crippen LogP) is 5.21. The van der Waals surface area contributed by atoms with E-state index in [1.807, 2.05) is 45.9 Å². The average molecular weight is 488 g/mol. The maximum absolute atomic E-state index is 13.9. The number of carbonyl (C=O) groups excluding carboxylic acids is 3. The number of hydrogen-bond acceptors (Lipinski definition) is 4. The van der Waals surface area contributed by atoms with E-state index in [2.05, 4.69) is 24.1 Å². The van der Waals surface area contributed by atoms with Gasteiger partial charge < -0.3 is 20.3 Å². The number of nitrogens with zero attached hydrogens (tertiary/aromatic N) is 1. The third kappa shape index (κ3) is 9.74. The molecule has 0 aromatic heterocycles. The van der Waals surface area contributed by atoms with Crippen LogP contribution in [0, 0.1) is 19.8 Å². The summed E-state index contributed by atoms with van der Waals surface area (Å²) in [7, 11) is 0. The largest absolute Gasteiger partial charge is 0.444 e. The number of ether oxygens (including phenoxy) is 1. The Morgan fingerprint density at radius 2 is 1.80 bits per heavy atom. The quantitative estimate of drug-likeness (QED) is 0.313. The van der Waals surface area contributed by atoms with Gasteiger partial charge in [0.05, 0.1) is 0 Å². The number of benzene rings is 1. The van der Waals surface area contributed by atoms with Crippen molar-refractivity contribution in [2.75, 3.05) is 13.1 Å². The summed E-state index contributed by atoms with van der Waals surface area (Å²) in [5.74, 6) is -0.836. The van der Waals surface area contributed by atoms with Gasteiger partial charge in [-0.25, -0.2) is 4.79 Å². The molecule has 2 atom stereocenters. The molecule has 0 aliphatic rings. The molecule has 0 spiro atoms. The molecule has 1 rings (SSSR count). The second-order valence-electron chi connectivity index (χ2n) is 10.4. The van der Waals surface area contributed by atoms with Crippen molar-refractivity contribution >= 4 is 17.9 Å². The Bertz CT molecular complexity index is 873. The number of nitrogens with one attached hydrogen (secondary N) is 2. The molecule has 2 unspecified atom stereocenters. The third-order valence-corrected chi connectivity index (χ3v) is 5.57. The highest BCUT2D eigenvalue weighted by molar-refractivity contribution is 5.92. The highest BCUT2D eigenvalue weighted by atomic mass is 16.6. The molecule has 7 heteroatoms. The van der Waals surface area contributed by atoms with Crippen molar-refractivity contribution in [1.29, 1.82) is 0 Å². The van der Waals surface area contributed by atoms with E-state index in [0.29, 0.717) is 6.54 Å². The van der Waals surface area contributed by atoms with E-state index in [1.54, 1.807) is 26.8 Å². The first kappa shape index (κ1) is 30.2. The molecule has 2 N–H and O–H groups in total. The van der Waals surface area contributed by atoms with Gasteiger partial charge >= 0.3 is 6.09 Å². The Labute approximate surface area is 211 Å². The zero-order valence-electron chi connectivity index (χ0n) is 22.9. The topological polar surface area (TPSA) is 87.7 Å². The molecule has 0 saturated carbocycles. The summed E-state index contributed by atoms with van der Waals surface area (Å²) in [6, 6.07) is 4.11. The number of unbranched alkanes of at least 4 members (excludes halogenated alkanes) is 2. The van der Waals surface area contributed by atoms with Crippen LogP contribution in [0.4, 0.5) is 4.79 Å². The minimum Gasteiger partial charge on any atom is -0.444 e. The van der Waals surface area contributed by atoms with Gasteiger partial charge in [-0.05, 0) is 58.1 Å². The molecule has 3 amide bonds. The standard InChI is InChI=1S/C28H45N3O4/c1-10-12-13-16-29-25(32)24(22-15-14-20(5)18-21(22)6)31(17-11-2)26(33)23(19(3)4)30-27(34)35-28(7,8)9/h11,14-15,18-19,23-24H,2,10,12-13,16-17H2,1,3-9H3,(H,29,32)(H,30,34). The highest BCUT2D eigenvalue weighted by Gasteiger charge is 2.37. The first-order valence-corrected chi connectivity index (χ1v) is 12.6. The molecule has 0 bridgehead atoms. The van der Waals surface area contributed by atoms with Gasteiger partial charge in [0, 0.05) is 13.1 Å². The van der Waals surface area contributed by atoms with Gasteiger partial charge in [0.2, 0.25) is 11.8 Å². The Kier molecular flexibility index (Phi) is 12.0. The van der Waals surface area contributed by atoms with E-state index in [-0.39, 0.29) is 24.3 Å².